The number of fused-ring (bicyclic) bond motifs is 6. The number of hydrogen-bond acceptors (Lipinski definition) is 18. The molecule has 4 aliphatic heterocycles. The molecule has 2 aromatic carbocycles. The Morgan fingerprint density at radius 1 is 0.989 bits per heavy atom. The molecule has 11 atom stereocenters. The van der Waals surface area contributed by atoms with Crippen LogP contribution in [-0.4, -0.2) is 186 Å². The summed E-state index contributed by atoms with van der Waals surface area (Å²) in [4.78, 5) is 113. The molecule has 2 saturated heterocycles. The van der Waals surface area contributed by atoms with Crippen LogP contribution < -0.4 is 47.3 Å². The van der Waals surface area contributed by atoms with Crippen molar-refractivity contribution in [2.45, 2.75) is 147 Å². The summed E-state index contributed by atoms with van der Waals surface area (Å²) in [7, 11) is 5.97. The lowest BCUT2D eigenvalue weighted by Crippen LogP contribution is -2.63. The molecule has 90 heavy (non-hydrogen) atoms. The van der Waals surface area contributed by atoms with E-state index in [1.807, 2.05) is 19.1 Å². The number of epoxide rings is 1. The van der Waals surface area contributed by atoms with Crippen LogP contribution in [0.15, 0.2) is 78.4 Å². The van der Waals surface area contributed by atoms with Gasteiger partial charge in [-0.05, 0) is 119 Å². The highest BCUT2D eigenvalue weighted by molar-refractivity contribution is 7.80. The van der Waals surface area contributed by atoms with Crippen LogP contribution >= 0.6 is 23.8 Å². The fourth-order valence-electron chi connectivity index (χ4n) is 11.1. The van der Waals surface area contributed by atoms with Gasteiger partial charge < -0.3 is 76.0 Å². The number of primary amides is 1. The maximum absolute atomic E-state index is 14.5. The van der Waals surface area contributed by atoms with Gasteiger partial charge in [0.2, 0.25) is 11.8 Å². The zero-order valence-electron chi connectivity index (χ0n) is 52.1. The molecule has 488 valence electrons. The number of nitrogens with one attached hydrogen (secondary N) is 6. The highest BCUT2D eigenvalue weighted by Crippen LogP contribution is 2.49. The van der Waals surface area contributed by atoms with Gasteiger partial charge in [-0.2, -0.15) is 0 Å². The van der Waals surface area contributed by atoms with E-state index in [-0.39, 0.29) is 78.0 Å². The van der Waals surface area contributed by atoms with Gasteiger partial charge in [-0.25, -0.2) is 19.4 Å². The Morgan fingerprint density at radius 3 is 2.38 bits per heavy atom. The first-order chi connectivity index (χ1) is 42.6. The molecule has 4 aliphatic rings. The minimum atomic E-state index is -1.90. The van der Waals surface area contributed by atoms with Gasteiger partial charge in [-0.1, -0.05) is 56.2 Å². The van der Waals surface area contributed by atoms with Crippen LogP contribution in [0.2, 0.25) is 5.02 Å². The van der Waals surface area contributed by atoms with Gasteiger partial charge >= 0.3 is 18.1 Å². The number of nitrogens with zero attached hydrogens (tertiary/aromatic N) is 4. The summed E-state index contributed by atoms with van der Waals surface area (Å²) in [5.74, 6) is -3.68. The van der Waals surface area contributed by atoms with Gasteiger partial charge in [0.25, 0.3) is 17.7 Å². The molecule has 0 spiro atoms. The van der Waals surface area contributed by atoms with Crippen LogP contribution in [0.25, 0.3) is 10.9 Å². The number of esters is 1. The third kappa shape index (κ3) is 17.1. The van der Waals surface area contributed by atoms with Crippen molar-refractivity contribution < 1.29 is 72.3 Å². The first kappa shape index (κ1) is 69.5. The Hall–Kier alpha value is -7.95. The molecular weight excluding hydrogens is 1210 g/mol. The van der Waals surface area contributed by atoms with Crippen LogP contribution in [0, 0.1) is 11.8 Å². The summed E-state index contributed by atoms with van der Waals surface area (Å²) < 4.78 is 29.8. The molecular formula is C62H82ClN11O15S. The number of aliphatic hydroxyl groups excluding tert-OH is 1. The first-order valence-electron chi connectivity index (χ1n) is 29.7. The third-order valence-electron chi connectivity index (χ3n) is 16.6. The Bertz CT molecular complexity index is 3300. The van der Waals surface area contributed by atoms with E-state index in [1.54, 1.807) is 71.2 Å². The van der Waals surface area contributed by atoms with Crippen LogP contribution in [0.3, 0.4) is 0 Å². The molecule has 10 N–H and O–H groups in total. The van der Waals surface area contributed by atoms with Gasteiger partial charge in [0.05, 0.1) is 24.4 Å². The number of hydrogen-bond donors (Lipinski definition) is 9. The number of thiocarbonyl (C=S) groups is 1. The Balaban J connectivity index is 1.04. The number of methoxy groups -OCH3 is 2. The summed E-state index contributed by atoms with van der Waals surface area (Å²) in [6, 6.07) is 7.47. The number of carbonyl (C=O) groups is 8. The second-order valence-corrected chi connectivity index (χ2v) is 24.3. The Morgan fingerprint density at radius 2 is 1.70 bits per heavy atom. The van der Waals surface area contributed by atoms with Gasteiger partial charge in [-0.3, -0.25) is 34.2 Å². The van der Waals surface area contributed by atoms with E-state index in [0.29, 0.717) is 48.1 Å². The molecule has 4 bridgehead atoms. The number of pyridine rings is 1. The van der Waals surface area contributed by atoms with E-state index >= 15 is 0 Å². The highest BCUT2D eigenvalue weighted by Gasteiger charge is 2.64. The highest BCUT2D eigenvalue weighted by atomic mass is 35.5. The second-order valence-electron chi connectivity index (χ2n) is 23.6. The van der Waals surface area contributed by atoms with Crippen molar-refractivity contribution >= 4 is 99.0 Å². The van der Waals surface area contributed by atoms with Crippen molar-refractivity contribution in [1.29, 1.82) is 0 Å². The standard InChI is InChI=1S/C62H82ClN11O15S/c1-33(2)52(70-59(90)66-24-11-12-26-74-48(75)22-23-49(74)76)55(79)68-41(16-14-25-65-58(64)82)54(78)69-47-21-19-38-30-39(18-20-40(38)67-47)56(80)72(7)36(5)57(81)88-46-31-50(77)73(8)42-28-37(29-43(85-9)51(42)63)27-34(3)15-13-17-45(86-10)62(84)32-44(87-60(83)71-62)35(4)53-61(46,6)89-53/h13,15,17-23,28-30,33,35-36,41,44-46,50,52-53,77,84H,11-12,14,16,24-27,31-32H2,1-10H3,(H,68,79)(H,71,83)(H3,64,65,82)(H2,66,70,90)(H,67,69,78)/b17-13+,34-15+/t35-,36+,41+,44+,45-,46+,50?,52+,53+,61+,62+/m1/s1. The molecule has 5 heterocycles. The fourth-order valence-corrected chi connectivity index (χ4v) is 11.6. The summed E-state index contributed by atoms with van der Waals surface area (Å²) in [5.41, 5.74) is 4.76. The van der Waals surface area contributed by atoms with Gasteiger partial charge in [0.15, 0.2) is 10.8 Å². The SMILES string of the molecule is COc1cc2cc(c1Cl)N(C)C(O)C[C@H](OC(=O)[C@H](C)N(C)C(=O)c1ccc3nc(NC(=O)[C@H](CCCNC(N)=O)NC(=O)[C@@H](NC(=S)NCCCCN4C(=O)C=CC4=O)C(C)C)ccc3c1)[C@]1(C)O[C@H]1[C@H](C)[C@@H]1C[C@@](O)(NC(=O)O1)[C@H](OC)/C=C/C=C(\C)C2. The zero-order valence-corrected chi connectivity index (χ0v) is 53.7. The van der Waals surface area contributed by atoms with Gasteiger partial charge in [-0.15, -0.1) is 0 Å². The molecule has 1 aromatic heterocycles. The second kappa shape index (κ2) is 30.2. The lowest BCUT2D eigenvalue weighted by atomic mass is 9.83. The smallest absolute Gasteiger partial charge is 0.409 e. The minimum Gasteiger partial charge on any atom is -0.495 e. The summed E-state index contributed by atoms with van der Waals surface area (Å²) in [6.07, 6.45) is 3.12. The quantitative estimate of drug-likeness (QED) is 0.0237. The lowest BCUT2D eigenvalue weighted by Gasteiger charge is -2.42. The van der Waals surface area contributed by atoms with E-state index in [4.69, 9.17) is 53.2 Å². The summed E-state index contributed by atoms with van der Waals surface area (Å²) >= 11 is 12.4. The number of ether oxygens (including phenoxy) is 5. The van der Waals surface area contributed by atoms with Crippen molar-refractivity contribution in [2.24, 2.45) is 17.6 Å². The van der Waals surface area contributed by atoms with Crippen molar-refractivity contribution in [3.63, 3.8) is 0 Å². The number of alkyl carbamates (subject to hydrolysis) is 1. The number of allylic oxidation sites excluding steroid dienone is 3. The van der Waals surface area contributed by atoms with Crippen molar-refractivity contribution in [2.75, 3.05) is 58.2 Å². The number of unbranched alkanes of at least 4 members (excludes halogenated alkanes) is 1. The molecule has 3 aromatic rings. The maximum Gasteiger partial charge on any atom is 0.409 e. The molecule has 2 fully saturated rings. The molecule has 7 rings (SSSR count). The largest absolute Gasteiger partial charge is 0.495 e. The van der Waals surface area contributed by atoms with E-state index in [9.17, 15) is 48.6 Å². The van der Waals surface area contributed by atoms with Crippen molar-refractivity contribution in [1.82, 2.24) is 41.4 Å². The topological polar surface area (TPSA) is 347 Å². The third-order valence-corrected chi connectivity index (χ3v) is 17.3. The number of nitrogens with two attached hydrogens (primary N) is 1. The normalized spacial score (nSPS) is 25.3. The number of carbonyl (C=O) groups excluding carboxylic acids is 8. The van der Waals surface area contributed by atoms with Crippen molar-refractivity contribution in [3.8, 4) is 5.75 Å². The molecule has 26 nitrogen and oxygen atoms in total. The predicted octanol–water partition coefficient (Wildman–Crippen LogP) is 4.23. The average molecular weight is 1290 g/mol. The number of amides is 8. The van der Waals surface area contributed by atoms with E-state index in [2.05, 4.69) is 36.9 Å². The molecule has 8 amide bonds. The number of halogens is 1. The van der Waals surface area contributed by atoms with Crippen LogP contribution in [0.1, 0.15) is 96.0 Å². The number of rotatable bonds is 21. The molecule has 28 heteroatoms. The number of imide groups is 1. The minimum absolute atomic E-state index is 0.0873. The number of urea groups is 1. The molecule has 0 aliphatic carbocycles. The average Bonchev–Trinajstić information content (AvgIpc) is 1.57. The van der Waals surface area contributed by atoms with Crippen LogP contribution in [0.4, 0.5) is 21.1 Å². The summed E-state index contributed by atoms with van der Waals surface area (Å²) in [5, 5.41) is 41.6. The van der Waals surface area contributed by atoms with Crippen LogP contribution in [0.5, 0.6) is 5.75 Å². The van der Waals surface area contributed by atoms with Crippen LogP contribution in [-0.2, 0) is 49.3 Å². The number of aromatic nitrogens is 1. The summed E-state index contributed by atoms with van der Waals surface area (Å²) in [6.45, 7) is 11.3. The lowest BCUT2D eigenvalue weighted by molar-refractivity contribution is -0.159. The molecule has 1 unspecified atom stereocenters. The van der Waals surface area contributed by atoms with E-state index < -0.39 is 102 Å². The number of likely N-dealkylation sites (N-methyl/N-ethyl adjacent to an activating group) is 1. The number of anilines is 2. The van der Waals surface area contributed by atoms with Crippen molar-refractivity contribution in [3.05, 3.63) is 94.6 Å². The molecule has 0 radical (unpaired) electrons. The Labute approximate surface area is 532 Å². The maximum atomic E-state index is 14.5. The first-order valence-corrected chi connectivity index (χ1v) is 30.5. The van der Waals surface area contributed by atoms with E-state index in [0.717, 1.165) is 16.0 Å². The Kier molecular flexibility index (Phi) is 23.4. The fraction of sp³-hybridized carbons (Fsp3) is 0.516. The predicted molar refractivity (Wildman–Crippen MR) is 338 cm³/mol. The van der Waals surface area contributed by atoms with E-state index in [1.165, 1.54) is 62.3 Å². The zero-order chi connectivity index (χ0) is 65.9. The monoisotopic (exact) mass is 1290 g/mol. The number of benzene rings is 2. The van der Waals surface area contributed by atoms with Gasteiger partial charge in [0, 0.05) is 82.7 Å². The number of aliphatic hydroxyl groups is 2. The molecule has 0 saturated carbocycles. The van der Waals surface area contributed by atoms with Gasteiger partial charge in [0.1, 0.15) is 64.9 Å².